The highest BCUT2D eigenvalue weighted by Crippen LogP contribution is 2.12. The molecule has 0 aliphatic heterocycles. The predicted molar refractivity (Wildman–Crippen MR) is 132 cm³/mol. The van der Waals surface area contributed by atoms with Crippen LogP contribution in [-0.4, -0.2) is 93.5 Å². The van der Waals surface area contributed by atoms with Crippen LogP contribution in [0, 0.1) is 0 Å². The Morgan fingerprint density at radius 3 is 2.00 bits per heavy atom. The van der Waals surface area contributed by atoms with E-state index in [2.05, 4.69) is 20.9 Å². The molecule has 0 saturated carbocycles. The highest BCUT2D eigenvalue weighted by molar-refractivity contribution is 5.94. The van der Waals surface area contributed by atoms with Crippen molar-refractivity contribution in [1.82, 2.24) is 16.0 Å². The molecule has 0 spiro atoms. The largest absolute Gasteiger partial charge is 0.508 e. The maximum atomic E-state index is 13.0. The summed E-state index contributed by atoms with van der Waals surface area (Å²) in [6.45, 7) is 0.540. The second-order valence-electron chi connectivity index (χ2n) is 8.29. The maximum Gasteiger partial charge on any atom is 0.326 e. The van der Waals surface area contributed by atoms with Gasteiger partial charge in [0, 0.05) is 13.0 Å². The number of carboxylic acids is 1. The number of carbonyl (C=O) groups is 4. The fourth-order valence-electron chi connectivity index (χ4n) is 3.07. The number of aliphatic hydroxyl groups is 2. The average Bonchev–Trinajstić information content (AvgIpc) is 2.83. The van der Waals surface area contributed by atoms with Crippen molar-refractivity contribution in [3.05, 3.63) is 29.8 Å². The van der Waals surface area contributed by atoms with E-state index < -0.39 is 60.6 Å². The first kappa shape index (κ1) is 31.1. The van der Waals surface area contributed by atoms with Crippen molar-refractivity contribution in [1.29, 1.82) is 0 Å². The zero-order valence-corrected chi connectivity index (χ0v) is 20.3. The number of aliphatic imine (C=N–C) groups is 1. The van der Waals surface area contributed by atoms with Crippen LogP contribution in [0.5, 0.6) is 5.75 Å². The van der Waals surface area contributed by atoms with E-state index in [1.54, 1.807) is 0 Å². The summed E-state index contributed by atoms with van der Waals surface area (Å²) in [5.74, 6) is -4.21. The van der Waals surface area contributed by atoms with Crippen molar-refractivity contribution in [2.75, 3.05) is 13.2 Å². The number of aliphatic carboxylic acids is 1. The molecule has 13 N–H and O–H groups in total. The van der Waals surface area contributed by atoms with Gasteiger partial charge in [-0.2, -0.15) is 0 Å². The van der Waals surface area contributed by atoms with E-state index in [-0.39, 0.29) is 37.5 Å². The van der Waals surface area contributed by atoms with E-state index in [0.717, 1.165) is 0 Å². The molecule has 37 heavy (non-hydrogen) atoms. The van der Waals surface area contributed by atoms with Gasteiger partial charge < -0.3 is 53.6 Å². The molecule has 5 atom stereocenters. The van der Waals surface area contributed by atoms with Crippen molar-refractivity contribution in [2.24, 2.45) is 22.2 Å². The molecule has 0 aromatic heterocycles. The van der Waals surface area contributed by atoms with Gasteiger partial charge in [-0.1, -0.05) is 12.1 Å². The first-order chi connectivity index (χ1) is 17.3. The zero-order valence-electron chi connectivity index (χ0n) is 20.3. The first-order valence-corrected chi connectivity index (χ1v) is 11.4. The van der Waals surface area contributed by atoms with E-state index in [9.17, 15) is 39.6 Å². The molecule has 0 bridgehead atoms. The van der Waals surface area contributed by atoms with Gasteiger partial charge in [0.15, 0.2) is 5.96 Å². The number of aromatic hydroxyl groups is 1. The van der Waals surface area contributed by atoms with Crippen LogP contribution in [0.1, 0.15) is 25.3 Å². The molecule has 1 rings (SSSR count). The summed E-state index contributed by atoms with van der Waals surface area (Å²) >= 11 is 0. The van der Waals surface area contributed by atoms with Crippen LogP contribution in [0.4, 0.5) is 0 Å². The van der Waals surface area contributed by atoms with Crippen LogP contribution in [0.15, 0.2) is 29.3 Å². The van der Waals surface area contributed by atoms with Crippen molar-refractivity contribution in [3.8, 4) is 5.75 Å². The summed E-state index contributed by atoms with van der Waals surface area (Å²) < 4.78 is 0. The molecule has 0 saturated heterocycles. The summed E-state index contributed by atoms with van der Waals surface area (Å²) in [5, 5.41) is 44.9. The van der Waals surface area contributed by atoms with Gasteiger partial charge in [-0.15, -0.1) is 0 Å². The van der Waals surface area contributed by atoms with E-state index >= 15 is 0 Å². The molecule has 0 aliphatic carbocycles. The summed E-state index contributed by atoms with van der Waals surface area (Å²) in [7, 11) is 0. The summed E-state index contributed by atoms with van der Waals surface area (Å²) in [4.78, 5) is 53.3. The van der Waals surface area contributed by atoms with Crippen molar-refractivity contribution < 1.29 is 39.6 Å². The molecule has 0 fully saturated rings. The number of carboxylic acid groups (broad SMARTS) is 1. The molecule has 206 valence electrons. The number of phenolic OH excluding ortho intramolecular Hbond substituents is 1. The standard InChI is InChI=1S/C22H35N7O8/c1-11(31)17(23)20(35)29-16(10-30)19(34)27-14(3-2-8-26-22(24)25)18(33)28-15(21(36)37)9-12-4-6-13(32)7-5-12/h4-7,11,14-17,30-32H,2-3,8-10,23H2,1H3,(H,27,34)(H,28,33)(H,29,35)(H,36,37)(H4,24,25,26). The average molecular weight is 526 g/mol. The minimum Gasteiger partial charge on any atom is -0.508 e. The Bertz CT molecular complexity index is 951. The number of amides is 3. The maximum absolute atomic E-state index is 13.0. The number of hydrogen-bond donors (Lipinski definition) is 10. The third-order valence-corrected chi connectivity index (χ3v) is 5.21. The molecular weight excluding hydrogens is 490 g/mol. The van der Waals surface area contributed by atoms with Gasteiger partial charge in [0.25, 0.3) is 0 Å². The SMILES string of the molecule is CC(O)C(N)C(=O)NC(CO)C(=O)NC(CCCN=C(N)N)C(=O)NC(Cc1ccc(O)cc1)C(=O)O. The van der Waals surface area contributed by atoms with Gasteiger partial charge in [0.05, 0.1) is 12.7 Å². The third-order valence-electron chi connectivity index (χ3n) is 5.21. The Kier molecular flexibility index (Phi) is 12.8. The number of nitrogens with one attached hydrogen (secondary N) is 3. The molecule has 1 aromatic rings. The lowest BCUT2D eigenvalue weighted by molar-refractivity contribution is -0.142. The number of phenols is 1. The van der Waals surface area contributed by atoms with E-state index in [4.69, 9.17) is 17.2 Å². The van der Waals surface area contributed by atoms with Crippen LogP contribution in [-0.2, 0) is 25.6 Å². The van der Waals surface area contributed by atoms with E-state index in [1.807, 2.05) is 0 Å². The van der Waals surface area contributed by atoms with Gasteiger partial charge in [-0.05, 0) is 37.5 Å². The molecule has 0 radical (unpaired) electrons. The van der Waals surface area contributed by atoms with Gasteiger partial charge in [0.1, 0.15) is 29.9 Å². The smallest absolute Gasteiger partial charge is 0.326 e. The van der Waals surface area contributed by atoms with Gasteiger partial charge >= 0.3 is 5.97 Å². The second kappa shape index (κ2) is 15.2. The molecule has 0 heterocycles. The monoisotopic (exact) mass is 525 g/mol. The molecule has 15 nitrogen and oxygen atoms in total. The number of rotatable bonds is 15. The minimum absolute atomic E-state index is 0.0110. The quantitative estimate of drug-likeness (QED) is 0.0602. The summed E-state index contributed by atoms with van der Waals surface area (Å²) in [5.41, 5.74) is 16.6. The molecular formula is C22H35N7O8. The van der Waals surface area contributed by atoms with E-state index in [1.165, 1.54) is 31.2 Å². The number of guanidine groups is 1. The number of nitrogens with zero attached hydrogens (tertiary/aromatic N) is 1. The molecule has 1 aromatic carbocycles. The fraction of sp³-hybridized carbons (Fsp3) is 0.500. The number of aliphatic hydroxyl groups excluding tert-OH is 2. The zero-order chi connectivity index (χ0) is 28.1. The van der Waals surface area contributed by atoms with Crippen LogP contribution < -0.4 is 33.2 Å². The lowest BCUT2D eigenvalue weighted by Crippen LogP contribution is -2.59. The highest BCUT2D eigenvalue weighted by Gasteiger charge is 2.30. The Hall–Kier alpha value is -3.95. The van der Waals surface area contributed by atoms with Crippen LogP contribution in [0.3, 0.4) is 0 Å². The molecule has 0 aliphatic rings. The lowest BCUT2D eigenvalue weighted by atomic mass is 10.0. The Labute approximate surface area is 213 Å². The predicted octanol–water partition coefficient (Wildman–Crippen LogP) is -3.77. The molecule has 3 amide bonds. The van der Waals surface area contributed by atoms with Crippen molar-refractivity contribution in [2.45, 2.75) is 56.5 Å². The van der Waals surface area contributed by atoms with Crippen molar-refractivity contribution in [3.63, 3.8) is 0 Å². The van der Waals surface area contributed by atoms with Crippen LogP contribution >= 0.6 is 0 Å². The highest BCUT2D eigenvalue weighted by atomic mass is 16.4. The van der Waals surface area contributed by atoms with Gasteiger partial charge in [0.2, 0.25) is 17.7 Å². The molecule has 15 heteroatoms. The summed E-state index contributed by atoms with van der Waals surface area (Å²) in [6, 6.07) is 0.225. The number of hydrogen-bond acceptors (Lipinski definition) is 9. The first-order valence-electron chi connectivity index (χ1n) is 11.4. The Morgan fingerprint density at radius 1 is 0.946 bits per heavy atom. The number of benzene rings is 1. The van der Waals surface area contributed by atoms with Crippen LogP contribution in [0.2, 0.25) is 0 Å². The van der Waals surface area contributed by atoms with Crippen molar-refractivity contribution >= 4 is 29.7 Å². The summed E-state index contributed by atoms with van der Waals surface area (Å²) in [6.07, 6.45) is -1.13. The van der Waals surface area contributed by atoms with E-state index in [0.29, 0.717) is 5.56 Å². The third kappa shape index (κ3) is 11.1. The number of nitrogens with two attached hydrogens (primary N) is 3. The second-order valence-corrected chi connectivity index (χ2v) is 8.29. The Balaban J connectivity index is 3.00. The van der Waals surface area contributed by atoms with Gasteiger partial charge in [-0.3, -0.25) is 19.4 Å². The normalized spacial score (nSPS) is 14.8. The topological polar surface area (TPSA) is 276 Å². The lowest BCUT2D eigenvalue weighted by Gasteiger charge is -2.24. The Morgan fingerprint density at radius 2 is 1.49 bits per heavy atom. The van der Waals surface area contributed by atoms with Crippen LogP contribution in [0.25, 0.3) is 0 Å². The number of carbonyl (C=O) groups excluding carboxylic acids is 3. The minimum atomic E-state index is -1.50. The molecule has 5 unspecified atom stereocenters. The fourth-order valence-corrected chi connectivity index (χ4v) is 3.07. The van der Waals surface area contributed by atoms with Gasteiger partial charge in [-0.25, -0.2) is 4.79 Å².